The van der Waals surface area contributed by atoms with Crippen LogP contribution in [0.3, 0.4) is 0 Å². The molecule has 0 aliphatic carbocycles. The monoisotopic (exact) mass is 195 g/mol. The van der Waals surface area contributed by atoms with Crippen molar-refractivity contribution in [1.82, 2.24) is 10.4 Å². The van der Waals surface area contributed by atoms with Crippen LogP contribution in [0.1, 0.15) is 24.9 Å². The summed E-state index contributed by atoms with van der Waals surface area (Å²) < 4.78 is 5.34. The van der Waals surface area contributed by atoms with Crippen molar-refractivity contribution in [2.75, 3.05) is 7.11 Å². The Morgan fingerprint density at radius 1 is 1.64 bits per heavy atom. The summed E-state index contributed by atoms with van der Waals surface area (Å²) in [6.07, 6.45) is 4.52. The van der Waals surface area contributed by atoms with E-state index in [9.17, 15) is 0 Å². The number of rotatable bonds is 5. The average Bonchev–Trinajstić information content (AvgIpc) is 2.27. The van der Waals surface area contributed by atoms with Gasteiger partial charge >= 0.3 is 0 Å². The zero-order chi connectivity index (χ0) is 10.4. The van der Waals surface area contributed by atoms with Crippen LogP contribution in [-0.4, -0.2) is 18.2 Å². The summed E-state index contributed by atoms with van der Waals surface area (Å²) in [5.74, 6) is 5.50. The molecule has 0 radical (unpaired) electrons. The second kappa shape index (κ2) is 5.70. The third-order valence-electron chi connectivity index (χ3n) is 2.30. The van der Waals surface area contributed by atoms with Gasteiger partial charge in [0.2, 0.25) is 0 Å². The molecule has 0 amide bonds. The van der Waals surface area contributed by atoms with Crippen LogP contribution in [0.2, 0.25) is 0 Å². The maximum absolute atomic E-state index is 5.50. The molecule has 1 aromatic heterocycles. The van der Waals surface area contributed by atoms with Crippen LogP contribution >= 0.6 is 0 Å². The predicted molar refractivity (Wildman–Crippen MR) is 55.4 cm³/mol. The van der Waals surface area contributed by atoms with Crippen LogP contribution in [0.25, 0.3) is 0 Å². The van der Waals surface area contributed by atoms with E-state index in [1.165, 1.54) is 0 Å². The molecule has 0 aromatic carbocycles. The summed E-state index contributed by atoms with van der Waals surface area (Å²) in [6, 6.07) is 3.88. The lowest BCUT2D eigenvalue weighted by Crippen LogP contribution is -2.37. The molecule has 0 bridgehead atoms. The van der Waals surface area contributed by atoms with E-state index in [0.29, 0.717) is 0 Å². The number of ether oxygens (including phenoxy) is 1. The molecule has 0 aliphatic heterocycles. The van der Waals surface area contributed by atoms with E-state index in [0.717, 1.165) is 12.0 Å². The first-order chi connectivity index (χ1) is 6.83. The number of nitrogens with two attached hydrogens (primary N) is 1. The summed E-state index contributed by atoms with van der Waals surface area (Å²) in [4.78, 5) is 4.05. The summed E-state index contributed by atoms with van der Waals surface area (Å²) >= 11 is 0. The van der Waals surface area contributed by atoms with E-state index < -0.39 is 0 Å². The third kappa shape index (κ3) is 2.51. The molecule has 0 spiro atoms. The average molecular weight is 195 g/mol. The zero-order valence-electron chi connectivity index (χ0n) is 8.60. The molecular formula is C10H17N3O. The minimum atomic E-state index is -0.00120. The highest BCUT2D eigenvalue weighted by molar-refractivity contribution is 5.15. The minimum absolute atomic E-state index is 0.00120. The first-order valence-corrected chi connectivity index (χ1v) is 4.72. The van der Waals surface area contributed by atoms with Gasteiger partial charge in [-0.3, -0.25) is 16.3 Å². The molecule has 14 heavy (non-hydrogen) atoms. The van der Waals surface area contributed by atoms with Gasteiger partial charge in [0, 0.05) is 19.5 Å². The van der Waals surface area contributed by atoms with Gasteiger partial charge in [0.25, 0.3) is 0 Å². The van der Waals surface area contributed by atoms with E-state index in [-0.39, 0.29) is 12.1 Å². The molecule has 1 aromatic rings. The molecule has 4 nitrogen and oxygen atoms in total. The quantitative estimate of drug-likeness (QED) is 0.544. The number of hydrogen-bond acceptors (Lipinski definition) is 4. The molecule has 2 unspecified atom stereocenters. The maximum Gasteiger partial charge on any atom is 0.0776 e. The van der Waals surface area contributed by atoms with Crippen molar-refractivity contribution < 1.29 is 4.74 Å². The van der Waals surface area contributed by atoms with Crippen LogP contribution in [0, 0.1) is 0 Å². The fourth-order valence-corrected chi connectivity index (χ4v) is 1.52. The lowest BCUT2D eigenvalue weighted by atomic mass is 10.0. The molecular weight excluding hydrogens is 178 g/mol. The Morgan fingerprint density at radius 3 is 2.86 bits per heavy atom. The van der Waals surface area contributed by atoms with Gasteiger partial charge in [0.15, 0.2) is 0 Å². The number of nitrogens with one attached hydrogen (secondary N) is 1. The van der Waals surface area contributed by atoms with Crippen molar-refractivity contribution in [3.05, 3.63) is 30.1 Å². The molecule has 4 heteroatoms. The second-order valence-corrected chi connectivity index (χ2v) is 3.11. The number of nitrogens with zero attached hydrogens (tertiary/aromatic N) is 1. The summed E-state index contributed by atoms with van der Waals surface area (Å²) in [5.41, 5.74) is 3.80. The number of hydrogen-bond donors (Lipinski definition) is 2. The summed E-state index contributed by atoms with van der Waals surface area (Å²) in [7, 11) is 1.69. The van der Waals surface area contributed by atoms with Crippen molar-refractivity contribution in [1.29, 1.82) is 0 Å². The number of pyridine rings is 1. The smallest absolute Gasteiger partial charge is 0.0776 e. The van der Waals surface area contributed by atoms with Gasteiger partial charge in [-0.1, -0.05) is 13.0 Å². The highest BCUT2D eigenvalue weighted by Crippen LogP contribution is 2.19. The molecule has 2 atom stereocenters. The number of methoxy groups -OCH3 is 1. The highest BCUT2D eigenvalue weighted by Gasteiger charge is 2.19. The topological polar surface area (TPSA) is 60.2 Å². The molecule has 0 aliphatic rings. The van der Waals surface area contributed by atoms with Gasteiger partial charge < -0.3 is 4.74 Å². The van der Waals surface area contributed by atoms with E-state index in [1.54, 1.807) is 19.5 Å². The fourth-order valence-electron chi connectivity index (χ4n) is 1.52. The van der Waals surface area contributed by atoms with E-state index in [4.69, 9.17) is 10.6 Å². The standard InChI is InChI=1S/C10H17N3O/c1-3-9(14-2)10(13-11)8-5-4-6-12-7-8/h4-7,9-10,13H,3,11H2,1-2H3. The third-order valence-corrected chi connectivity index (χ3v) is 2.30. The fraction of sp³-hybridized carbons (Fsp3) is 0.500. The molecule has 1 rings (SSSR count). The van der Waals surface area contributed by atoms with Crippen molar-refractivity contribution >= 4 is 0 Å². The largest absolute Gasteiger partial charge is 0.379 e. The Bertz CT molecular complexity index is 249. The van der Waals surface area contributed by atoms with E-state index in [2.05, 4.69) is 17.3 Å². The number of aromatic nitrogens is 1. The Kier molecular flexibility index (Phi) is 4.52. The van der Waals surface area contributed by atoms with Gasteiger partial charge in [0.05, 0.1) is 12.1 Å². The van der Waals surface area contributed by atoms with Gasteiger partial charge in [0.1, 0.15) is 0 Å². The number of hydrazine groups is 1. The lowest BCUT2D eigenvalue weighted by Gasteiger charge is -2.24. The Balaban J connectivity index is 2.81. The molecule has 0 fully saturated rings. The highest BCUT2D eigenvalue weighted by atomic mass is 16.5. The minimum Gasteiger partial charge on any atom is -0.379 e. The summed E-state index contributed by atoms with van der Waals surface area (Å²) in [5, 5.41) is 0. The van der Waals surface area contributed by atoms with Gasteiger partial charge in [-0.15, -0.1) is 0 Å². The van der Waals surface area contributed by atoms with Gasteiger partial charge in [-0.05, 0) is 18.1 Å². The first-order valence-electron chi connectivity index (χ1n) is 4.72. The van der Waals surface area contributed by atoms with Crippen molar-refractivity contribution in [3.63, 3.8) is 0 Å². The van der Waals surface area contributed by atoms with Gasteiger partial charge in [-0.2, -0.15) is 0 Å². The zero-order valence-corrected chi connectivity index (χ0v) is 8.60. The Morgan fingerprint density at radius 2 is 2.43 bits per heavy atom. The molecule has 0 saturated heterocycles. The van der Waals surface area contributed by atoms with Crippen molar-refractivity contribution in [2.24, 2.45) is 5.84 Å². The summed E-state index contributed by atoms with van der Waals surface area (Å²) in [6.45, 7) is 2.06. The first kappa shape index (κ1) is 11.1. The van der Waals surface area contributed by atoms with Crippen LogP contribution in [0.15, 0.2) is 24.5 Å². The Labute approximate surface area is 84.4 Å². The van der Waals surface area contributed by atoms with Crippen LogP contribution in [0.4, 0.5) is 0 Å². The van der Waals surface area contributed by atoms with E-state index >= 15 is 0 Å². The molecule has 0 saturated carbocycles. The van der Waals surface area contributed by atoms with Crippen molar-refractivity contribution in [3.8, 4) is 0 Å². The SMILES string of the molecule is CCC(OC)C(NN)c1cccnc1. The van der Waals surface area contributed by atoms with Crippen LogP contribution < -0.4 is 11.3 Å². The molecule has 78 valence electrons. The lowest BCUT2D eigenvalue weighted by molar-refractivity contribution is 0.0650. The Hall–Kier alpha value is -0.970. The molecule has 1 heterocycles. The second-order valence-electron chi connectivity index (χ2n) is 3.11. The van der Waals surface area contributed by atoms with Crippen LogP contribution in [0.5, 0.6) is 0 Å². The normalized spacial score (nSPS) is 15.1. The van der Waals surface area contributed by atoms with Gasteiger partial charge in [-0.25, -0.2) is 0 Å². The van der Waals surface area contributed by atoms with Crippen LogP contribution in [-0.2, 0) is 4.74 Å². The predicted octanol–water partition coefficient (Wildman–Crippen LogP) is 1.01. The van der Waals surface area contributed by atoms with E-state index in [1.807, 2.05) is 12.1 Å². The van der Waals surface area contributed by atoms with Crippen molar-refractivity contribution in [2.45, 2.75) is 25.5 Å². The molecule has 3 N–H and O–H groups in total. The maximum atomic E-state index is 5.50.